The van der Waals surface area contributed by atoms with Crippen molar-refractivity contribution in [2.75, 3.05) is 0 Å². The van der Waals surface area contributed by atoms with Crippen molar-refractivity contribution in [3.05, 3.63) is 456 Å². The number of hydrogen-bond acceptors (Lipinski definition) is 12. The van der Waals surface area contributed by atoms with Gasteiger partial charge in [-0.2, -0.15) is 0 Å². The molecule has 0 radical (unpaired) electrons. The van der Waals surface area contributed by atoms with Gasteiger partial charge in [-0.25, -0.2) is 39.9 Å². The summed E-state index contributed by atoms with van der Waals surface area (Å²) < 4.78 is 13.0. The van der Waals surface area contributed by atoms with Crippen LogP contribution in [0.1, 0.15) is 0 Å². The number of benzene rings is 10. The first-order valence-corrected chi connectivity index (χ1v) is 46.5. The quantitative estimate of drug-likeness (QED) is 0.107. The average molecular weight is 1990 g/mol. The van der Waals surface area contributed by atoms with Gasteiger partial charge in [-0.05, 0) is 236 Å². The molecular weight excluding hydrogens is 1910 g/mol. The number of rotatable bonds is 13. The second-order valence-corrected chi connectivity index (χ2v) is 35.4. The predicted molar refractivity (Wildman–Crippen MR) is 556 cm³/mol. The van der Waals surface area contributed by atoms with Gasteiger partial charge in [0.05, 0.1) is 90.9 Å². The highest BCUT2D eigenvalue weighted by Gasteiger charge is 2.24. The first-order chi connectivity index (χ1) is 66.1. The average Bonchev–Trinajstić information content (AvgIpc) is 1.57. The molecule has 0 bridgehead atoms. The molecule has 0 fully saturated rings. The molecule has 25 aromatic rings. The Kier molecular flexibility index (Phi) is 23.1. The van der Waals surface area contributed by atoms with E-state index in [-0.39, 0.29) is 0 Å². The SMILES string of the molecule is Brc1ccc2c(c1)c1cccnc1n2-c1cc(-c2ccccn2)cc(-c2ccccn2)c1.Brc1ccc2c(c1)c1cccnc1n2-c1cc(-c2ccccn2)nc(-c2ccccn2)c1.Brc1ccc2c(c1)c1cccnc1n2-c1ccc(-c2cc(-c3ccccc3)nc(-c3ccccc3)c2)cc1.Brc1ccc2c(c1)c1cccnc1n2-c1cnc(-c2ccccc2)nc1-c1ccccc1. The summed E-state index contributed by atoms with van der Waals surface area (Å²) in [6.07, 6.45) is 16.5. The minimum absolute atomic E-state index is 0.699. The molecule has 15 aromatic heterocycles. The lowest BCUT2D eigenvalue weighted by molar-refractivity contribution is 1.07. The highest BCUT2D eigenvalue weighted by Crippen LogP contribution is 2.43. The number of halogens is 4. The Morgan fingerprint density at radius 3 is 0.910 bits per heavy atom. The fourth-order valence-corrected chi connectivity index (χ4v) is 18.9. The molecule has 0 aliphatic rings. The molecule has 0 N–H and O–H groups in total. The third kappa shape index (κ3) is 16.7. The molecule has 0 saturated carbocycles. The van der Waals surface area contributed by atoms with Crippen molar-refractivity contribution in [2.45, 2.75) is 0 Å². The third-order valence-electron chi connectivity index (χ3n) is 23.5. The Morgan fingerprint density at radius 2 is 0.515 bits per heavy atom. The topological polar surface area (TPSA) is 174 Å². The summed E-state index contributed by atoms with van der Waals surface area (Å²) in [4.78, 5) is 56.9. The first-order valence-electron chi connectivity index (χ1n) is 43.3. The molecule has 20 heteroatoms. The molecule has 0 aliphatic carbocycles. The molecule has 16 nitrogen and oxygen atoms in total. The van der Waals surface area contributed by atoms with Crippen LogP contribution >= 0.6 is 63.7 Å². The van der Waals surface area contributed by atoms with Gasteiger partial charge >= 0.3 is 0 Å². The number of pyridine rings is 10. The van der Waals surface area contributed by atoms with Gasteiger partial charge in [0.2, 0.25) is 0 Å². The smallest absolute Gasteiger partial charge is 0.159 e. The maximum absolute atomic E-state index is 5.03. The van der Waals surface area contributed by atoms with Gasteiger partial charge in [0.15, 0.2) is 5.82 Å². The van der Waals surface area contributed by atoms with Crippen molar-refractivity contribution in [3.8, 4) is 124 Å². The lowest BCUT2D eigenvalue weighted by Crippen LogP contribution is -2.03. The van der Waals surface area contributed by atoms with Crippen LogP contribution in [0.4, 0.5) is 0 Å². The van der Waals surface area contributed by atoms with Crippen molar-refractivity contribution >= 4 is 151 Å². The molecule has 0 atom stereocenters. The van der Waals surface area contributed by atoms with Crippen LogP contribution in [0, 0.1) is 0 Å². The van der Waals surface area contributed by atoms with Crippen molar-refractivity contribution in [1.29, 1.82) is 0 Å². The fourth-order valence-electron chi connectivity index (χ4n) is 17.4. The molecule has 0 spiro atoms. The molecule has 0 unspecified atom stereocenters. The van der Waals surface area contributed by atoms with Crippen molar-refractivity contribution in [1.82, 2.24) is 78.1 Å². The summed E-state index contributed by atoms with van der Waals surface area (Å²) in [7, 11) is 0. The van der Waals surface area contributed by atoms with E-state index >= 15 is 0 Å². The summed E-state index contributed by atoms with van der Waals surface area (Å²) in [5.74, 6) is 0.699. The molecule has 0 saturated heterocycles. The van der Waals surface area contributed by atoms with Crippen LogP contribution in [-0.4, -0.2) is 78.1 Å². The van der Waals surface area contributed by atoms with E-state index in [0.29, 0.717) is 5.82 Å². The van der Waals surface area contributed by atoms with Gasteiger partial charge in [-0.1, -0.05) is 221 Å². The van der Waals surface area contributed by atoms with Crippen LogP contribution in [0.15, 0.2) is 456 Å². The number of fused-ring (bicyclic) bond motifs is 12. The number of hydrogen-bond donors (Lipinski definition) is 0. The van der Waals surface area contributed by atoms with Gasteiger partial charge in [0.25, 0.3) is 0 Å². The zero-order valence-electron chi connectivity index (χ0n) is 71.2. The minimum atomic E-state index is 0.699. The molecule has 0 aliphatic heterocycles. The van der Waals surface area contributed by atoms with Crippen LogP contribution < -0.4 is 0 Å². The van der Waals surface area contributed by atoms with E-state index in [1.54, 1.807) is 12.4 Å². The van der Waals surface area contributed by atoms with Gasteiger partial charge in [-0.15, -0.1) is 0 Å². The van der Waals surface area contributed by atoms with E-state index in [0.717, 1.165) is 219 Å². The fraction of sp³-hybridized carbons (Fsp3) is 0. The van der Waals surface area contributed by atoms with Crippen molar-refractivity contribution in [3.63, 3.8) is 0 Å². The molecule has 134 heavy (non-hydrogen) atoms. The Morgan fingerprint density at radius 1 is 0.179 bits per heavy atom. The number of aromatic nitrogens is 16. The van der Waals surface area contributed by atoms with Gasteiger partial charge in [0, 0.05) is 155 Å². The lowest BCUT2D eigenvalue weighted by atomic mass is 10.00. The van der Waals surface area contributed by atoms with E-state index in [9.17, 15) is 0 Å². The number of nitrogens with zero attached hydrogens (tertiary/aromatic N) is 16. The normalized spacial score (nSPS) is 11.3. The standard InChI is InChI=1S/C34H22BrN3.2C27H17BrN4.C26H16BrN5/c35-27-15-18-33-30(22-27)29-12-7-19-36-34(29)38(33)28-16-13-23(14-17-28)26-20-31(24-8-3-1-4-9-24)37-32(21-26)25-10-5-2-6-11-25;28-20-9-10-26-23(17-20)22-6-5-13-31-27(22)32(26)21-15-18(24-7-1-3-11-29-24)14-19(16-21)25-8-2-4-12-30-25;28-20-13-14-23-22(16-20)21-12-7-15-29-27(21)32(23)24-17-30-26(19-10-5-2-6-11-19)31-25(24)18-8-3-1-4-9-18;27-17-9-10-25-20(14-17)19-6-5-13-30-26(19)32(25)18-15-23(21-7-1-3-11-28-21)31-24(16-18)22-8-2-4-12-29-22/h1-22H;2*1-17H;1-16H. The Hall–Kier alpha value is -16.1. The van der Waals surface area contributed by atoms with Gasteiger partial charge in [-0.3, -0.25) is 38.2 Å². The summed E-state index contributed by atoms with van der Waals surface area (Å²) in [6, 6.07) is 130. The highest BCUT2D eigenvalue weighted by molar-refractivity contribution is 9.11. The zero-order valence-corrected chi connectivity index (χ0v) is 77.6. The largest absolute Gasteiger partial charge is 0.294 e. The summed E-state index contributed by atoms with van der Waals surface area (Å²) in [5.41, 5.74) is 28.4. The van der Waals surface area contributed by atoms with E-state index in [2.05, 4.69) is 326 Å². The molecule has 636 valence electrons. The minimum Gasteiger partial charge on any atom is -0.294 e. The van der Waals surface area contributed by atoms with Gasteiger partial charge < -0.3 is 0 Å². The third-order valence-corrected chi connectivity index (χ3v) is 25.5. The Bertz CT molecular complexity index is 8240. The van der Waals surface area contributed by atoms with Crippen LogP contribution in [0.5, 0.6) is 0 Å². The second-order valence-electron chi connectivity index (χ2n) is 31.8. The van der Waals surface area contributed by atoms with Crippen LogP contribution in [0.3, 0.4) is 0 Å². The van der Waals surface area contributed by atoms with E-state index in [4.69, 9.17) is 39.9 Å². The maximum atomic E-state index is 5.03. The predicted octanol–water partition coefficient (Wildman–Crippen LogP) is 29.9. The van der Waals surface area contributed by atoms with Crippen molar-refractivity contribution in [2.24, 2.45) is 0 Å². The molecule has 10 aromatic carbocycles. The summed E-state index contributed by atoms with van der Waals surface area (Å²) in [6.45, 7) is 0. The van der Waals surface area contributed by atoms with Crippen LogP contribution in [-0.2, 0) is 0 Å². The maximum Gasteiger partial charge on any atom is 0.159 e. The first kappa shape index (κ1) is 83.5. The molecule has 25 rings (SSSR count). The summed E-state index contributed by atoms with van der Waals surface area (Å²) in [5, 5.41) is 9.06. The summed E-state index contributed by atoms with van der Waals surface area (Å²) >= 11 is 14.5. The van der Waals surface area contributed by atoms with Crippen LogP contribution in [0.2, 0.25) is 0 Å². The zero-order chi connectivity index (χ0) is 90.0. The lowest BCUT2D eigenvalue weighted by Gasteiger charge is -2.13. The van der Waals surface area contributed by atoms with Crippen molar-refractivity contribution < 1.29 is 0 Å². The Balaban J connectivity index is 0.000000104. The van der Waals surface area contributed by atoms with E-state index < -0.39 is 0 Å². The van der Waals surface area contributed by atoms with Gasteiger partial charge in [0.1, 0.15) is 22.6 Å². The van der Waals surface area contributed by atoms with E-state index in [1.807, 2.05) is 201 Å². The Labute approximate surface area is 803 Å². The molecule has 15 heterocycles. The highest BCUT2D eigenvalue weighted by atomic mass is 79.9. The monoisotopic (exact) mass is 1980 g/mol. The molecular formula is C114H72Br4N16. The van der Waals surface area contributed by atoms with Crippen LogP contribution in [0.25, 0.3) is 212 Å². The molecule has 0 amide bonds. The second kappa shape index (κ2) is 37.0. The van der Waals surface area contributed by atoms with E-state index in [1.165, 1.54) is 5.39 Å².